The van der Waals surface area contributed by atoms with Gasteiger partial charge in [0.15, 0.2) is 0 Å². The van der Waals surface area contributed by atoms with Gasteiger partial charge in [0.05, 0.1) is 43.9 Å². The number of fused-ring (bicyclic) bond motifs is 8. The van der Waals surface area contributed by atoms with Gasteiger partial charge in [0, 0.05) is 33.5 Å². The molecule has 2 amide bonds. The van der Waals surface area contributed by atoms with Crippen molar-refractivity contribution in [3.8, 4) is 11.5 Å². The zero-order valence-electron chi connectivity index (χ0n) is 30.7. The number of benzene rings is 2. The minimum Gasteiger partial charge on any atom is -0.497 e. The largest absolute Gasteiger partial charge is 0.497 e. The van der Waals surface area contributed by atoms with Gasteiger partial charge in [0.1, 0.15) is 11.5 Å². The number of nitrogens with zero attached hydrogens (tertiary/aromatic N) is 1. The van der Waals surface area contributed by atoms with Crippen LogP contribution >= 0.6 is 11.3 Å². The molecule has 0 radical (unpaired) electrons. The van der Waals surface area contributed by atoms with Crippen molar-refractivity contribution in [3.63, 3.8) is 0 Å². The molecule has 2 bridgehead atoms. The van der Waals surface area contributed by atoms with Crippen LogP contribution in [0, 0.1) is 12.3 Å². The Morgan fingerprint density at radius 3 is 2.50 bits per heavy atom. The van der Waals surface area contributed by atoms with Crippen molar-refractivity contribution in [2.45, 2.75) is 110 Å². The van der Waals surface area contributed by atoms with Crippen molar-refractivity contribution < 1.29 is 29.3 Å². The summed E-state index contributed by atoms with van der Waals surface area (Å²) < 4.78 is 11.1. The zero-order valence-corrected chi connectivity index (χ0v) is 31.5. The number of carbonyl (C=O) groups is 2. The Morgan fingerprint density at radius 1 is 1.04 bits per heavy atom. The maximum Gasteiger partial charge on any atom is 0.317 e. The fourth-order valence-electron chi connectivity index (χ4n) is 7.93. The second-order valence-electron chi connectivity index (χ2n) is 14.8. The van der Waals surface area contributed by atoms with Gasteiger partial charge in [0.2, 0.25) is 5.78 Å². The van der Waals surface area contributed by atoms with Crippen molar-refractivity contribution in [1.82, 2.24) is 10.2 Å². The summed E-state index contributed by atoms with van der Waals surface area (Å²) in [6.45, 7) is 10.4. The number of nitrogens with one attached hydrogen (secondary N) is 1. The highest BCUT2D eigenvalue weighted by Crippen LogP contribution is 2.59. The first-order chi connectivity index (χ1) is 23.8. The van der Waals surface area contributed by atoms with Crippen LogP contribution in [0.4, 0.5) is 4.79 Å². The van der Waals surface area contributed by atoms with E-state index in [2.05, 4.69) is 31.3 Å². The lowest BCUT2D eigenvalue weighted by Crippen LogP contribution is -2.55. The minimum atomic E-state index is -1.26. The predicted molar refractivity (Wildman–Crippen MR) is 200 cm³/mol. The van der Waals surface area contributed by atoms with E-state index in [9.17, 15) is 19.8 Å². The molecule has 2 aromatic carbocycles. The van der Waals surface area contributed by atoms with Crippen LogP contribution < -0.4 is 14.8 Å². The lowest BCUT2D eigenvalue weighted by Gasteiger charge is -2.46. The van der Waals surface area contributed by atoms with E-state index in [1.807, 2.05) is 57.2 Å². The summed E-state index contributed by atoms with van der Waals surface area (Å²) in [7, 11) is 3.20. The molecule has 3 aliphatic carbocycles. The van der Waals surface area contributed by atoms with E-state index in [1.54, 1.807) is 25.2 Å². The molecule has 0 unspecified atom stereocenters. The van der Waals surface area contributed by atoms with E-state index in [1.165, 1.54) is 16.9 Å². The van der Waals surface area contributed by atoms with Crippen LogP contribution in [0.5, 0.6) is 11.5 Å². The molecule has 0 spiro atoms. The number of aliphatic hydroxyl groups is 2. The van der Waals surface area contributed by atoms with Crippen LogP contribution in [-0.2, 0) is 13.0 Å². The first-order valence-electron chi connectivity index (χ1n) is 17.8. The smallest absolute Gasteiger partial charge is 0.317 e. The third-order valence-electron chi connectivity index (χ3n) is 10.9. The van der Waals surface area contributed by atoms with Crippen LogP contribution in [0.15, 0.2) is 60.2 Å². The quantitative estimate of drug-likeness (QED) is 0.154. The Labute approximate surface area is 301 Å². The van der Waals surface area contributed by atoms with Crippen LogP contribution in [0.3, 0.4) is 0 Å². The molecule has 0 aliphatic heterocycles. The zero-order chi connectivity index (χ0) is 36.2. The fourth-order valence-corrected chi connectivity index (χ4v) is 8.75. The average Bonchev–Trinajstić information content (AvgIpc) is 3.62. The highest BCUT2D eigenvalue weighted by molar-refractivity contribution is 7.14. The third-order valence-corrected chi connectivity index (χ3v) is 11.9. The number of rotatable bonds is 9. The van der Waals surface area contributed by atoms with Crippen LogP contribution in [0.1, 0.15) is 109 Å². The fraction of sp³-hybridized carbons (Fsp3) is 0.512. The minimum absolute atomic E-state index is 0.0281. The van der Waals surface area contributed by atoms with Crippen molar-refractivity contribution in [2.75, 3.05) is 20.8 Å². The molecule has 1 heterocycles. The van der Waals surface area contributed by atoms with Gasteiger partial charge in [-0.3, -0.25) is 4.79 Å². The number of amides is 2. The molecule has 50 heavy (non-hydrogen) atoms. The van der Waals surface area contributed by atoms with Crippen molar-refractivity contribution >= 4 is 23.2 Å². The van der Waals surface area contributed by atoms with E-state index in [0.29, 0.717) is 54.0 Å². The highest BCUT2D eigenvalue weighted by Gasteiger charge is 2.57. The SMILES string of the molecule is COc1ccc(CN(C[C@]2(O)CC[C@H]3c4ccc(cc4C(=O)c4ccc(C)s4)C[C@@H](O)CCC(C)=CCC[C@@]32C)C(=O)NC(C)C)c(OC)c1. The van der Waals surface area contributed by atoms with Crippen LogP contribution in [-0.4, -0.2) is 65.4 Å². The Kier molecular flexibility index (Phi) is 11.8. The predicted octanol–water partition coefficient (Wildman–Crippen LogP) is 7.96. The second kappa shape index (κ2) is 15.7. The lowest BCUT2D eigenvalue weighted by molar-refractivity contribution is -0.0781. The van der Waals surface area contributed by atoms with E-state index >= 15 is 0 Å². The summed E-state index contributed by atoms with van der Waals surface area (Å²) in [4.78, 5) is 31.6. The van der Waals surface area contributed by atoms with Crippen LogP contribution in [0.25, 0.3) is 0 Å². The molecule has 270 valence electrons. The number of aliphatic hydroxyl groups excluding tert-OH is 1. The monoisotopic (exact) mass is 702 g/mol. The normalized spacial score (nSPS) is 23.9. The summed E-state index contributed by atoms with van der Waals surface area (Å²) in [6.07, 6.45) is 6.12. The Morgan fingerprint density at radius 2 is 1.82 bits per heavy atom. The summed E-state index contributed by atoms with van der Waals surface area (Å²) in [5.41, 5.74) is 2.55. The summed E-state index contributed by atoms with van der Waals surface area (Å²) in [5, 5.41) is 27.0. The number of hydrogen-bond donors (Lipinski definition) is 3. The van der Waals surface area contributed by atoms with Gasteiger partial charge >= 0.3 is 6.03 Å². The molecule has 3 aliphatic rings. The van der Waals surface area contributed by atoms with Gasteiger partial charge in [-0.1, -0.05) is 30.7 Å². The van der Waals surface area contributed by atoms with E-state index in [-0.39, 0.29) is 36.9 Å². The Hall–Kier alpha value is -3.66. The first-order valence-corrected chi connectivity index (χ1v) is 18.6. The number of urea groups is 1. The molecule has 6 rings (SSSR count). The number of thiophene rings is 1. The van der Waals surface area contributed by atoms with Gasteiger partial charge in [-0.05, 0) is 120 Å². The maximum atomic E-state index is 14.3. The second-order valence-corrected chi connectivity index (χ2v) is 16.1. The molecule has 1 aromatic heterocycles. The number of methoxy groups -OCH3 is 2. The van der Waals surface area contributed by atoms with Gasteiger partial charge in [-0.25, -0.2) is 4.79 Å². The van der Waals surface area contributed by atoms with E-state index in [0.717, 1.165) is 34.4 Å². The topological polar surface area (TPSA) is 108 Å². The number of carbonyl (C=O) groups excluding carboxylic acids is 2. The van der Waals surface area contributed by atoms with E-state index in [4.69, 9.17) is 9.47 Å². The first kappa shape index (κ1) is 37.6. The van der Waals surface area contributed by atoms with Crippen LogP contribution in [0.2, 0.25) is 0 Å². The number of hydrogen-bond acceptors (Lipinski definition) is 7. The van der Waals surface area contributed by atoms with Crippen molar-refractivity contribution in [1.29, 1.82) is 0 Å². The van der Waals surface area contributed by atoms with Crippen molar-refractivity contribution in [2.24, 2.45) is 5.41 Å². The summed E-state index contributed by atoms with van der Waals surface area (Å²) in [5.74, 6) is 1.08. The number of allylic oxidation sites excluding steroid dienone is 2. The average molecular weight is 703 g/mol. The molecule has 3 N–H and O–H groups in total. The molecule has 1 fully saturated rings. The number of ketones is 1. The van der Waals surface area contributed by atoms with Gasteiger partial charge in [0.25, 0.3) is 0 Å². The summed E-state index contributed by atoms with van der Waals surface area (Å²) >= 11 is 1.49. The number of aryl methyl sites for hydroxylation is 1. The van der Waals surface area contributed by atoms with Gasteiger partial charge in [-0.15, -0.1) is 11.3 Å². The van der Waals surface area contributed by atoms with Gasteiger partial charge < -0.3 is 29.9 Å². The Balaban J connectivity index is 1.59. The molecule has 9 heteroatoms. The molecule has 0 saturated heterocycles. The third kappa shape index (κ3) is 8.11. The lowest BCUT2D eigenvalue weighted by atomic mass is 9.64. The molecule has 3 aromatic rings. The molecular formula is C41H54N2O6S. The Bertz CT molecular complexity index is 1710. The number of ether oxygens (including phenoxy) is 2. The molecule has 4 atom stereocenters. The van der Waals surface area contributed by atoms with E-state index < -0.39 is 17.1 Å². The standard InChI is InChI=1S/C41H54N2O6S/c1-26(2)42-39(46)43(24-30-13-15-32(48-6)23-36(30)49-7)25-41(47)20-18-35-33-16-12-29(22-34(33)38(45)37-17-11-28(4)50-37)21-31(44)14-10-27(3)9-8-19-40(35,41)5/h9,11-13,15-17,22-23,26,31,35,44,47H,8,10,14,18-21,24-25H2,1-7H3,(H,42,46)/t31-,35-,40-,41+/m0/s1. The molecular weight excluding hydrogens is 649 g/mol. The summed E-state index contributed by atoms with van der Waals surface area (Å²) in [6, 6.07) is 15.1. The van der Waals surface area contributed by atoms with Gasteiger partial charge in [-0.2, -0.15) is 0 Å². The molecule has 8 nitrogen and oxygen atoms in total. The molecule has 1 saturated carbocycles. The maximum absolute atomic E-state index is 14.3. The van der Waals surface area contributed by atoms with Crippen molar-refractivity contribution in [3.05, 3.63) is 92.2 Å². The highest BCUT2D eigenvalue weighted by atomic mass is 32.1.